The highest BCUT2D eigenvalue weighted by Crippen LogP contribution is 2.28. The van der Waals surface area contributed by atoms with Crippen molar-refractivity contribution >= 4 is 35.0 Å². The summed E-state index contributed by atoms with van der Waals surface area (Å²) in [6, 6.07) is 20.4. The largest absolute Gasteiger partial charge is 0.326 e. The highest BCUT2D eigenvalue weighted by Gasteiger charge is 2.44. The Balaban J connectivity index is 1.65. The van der Waals surface area contributed by atoms with Crippen molar-refractivity contribution in [1.29, 1.82) is 0 Å². The standard InChI is InChI=1S/C25H20ClFN2O3/c26-18-10-12-19(13-11-18)29-23(30)16-22(25(29)32)28(15-14-17-6-2-1-3-7-17)24(31)20-8-4-5-9-21(20)27/h1-13,22H,14-16H2. The number of imide groups is 1. The van der Waals surface area contributed by atoms with Crippen LogP contribution in [0.1, 0.15) is 22.3 Å². The smallest absolute Gasteiger partial charge is 0.257 e. The lowest BCUT2D eigenvalue weighted by atomic mass is 10.1. The van der Waals surface area contributed by atoms with Gasteiger partial charge in [0.1, 0.15) is 11.9 Å². The van der Waals surface area contributed by atoms with E-state index in [1.165, 1.54) is 23.1 Å². The molecule has 0 aromatic heterocycles. The maximum atomic E-state index is 14.4. The van der Waals surface area contributed by atoms with Gasteiger partial charge in [0.15, 0.2) is 0 Å². The van der Waals surface area contributed by atoms with Crippen molar-refractivity contribution in [1.82, 2.24) is 4.90 Å². The molecule has 0 bridgehead atoms. The van der Waals surface area contributed by atoms with Crippen LogP contribution in [0.5, 0.6) is 0 Å². The van der Waals surface area contributed by atoms with Crippen LogP contribution in [0.25, 0.3) is 0 Å². The average molecular weight is 451 g/mol. The summed E-state index contributed by atoms with van der Waals surface area (Å²) in [5.41, 5.74) is 1.21. The van der Waals surface area contributed by atoms with E-state index in [9.17, 15) is 18.8 Å². The molecule has 162 valence electrons. The van der Waals surface area contributed by atoms with Crippen LogP contribution >= 0.6 is 11.6 Å². The highest BCUT2D eigenvalue weighted by atomic mass is 35.5. The Bertz CT molecular complexity index is 1150. The molecule has 1 aliphatic heterocycles. The van der Waals surface area contributed by atoms with Crippen LogP contribution in [-0.4, -0.2) is 35.2 Å². The molecule has 1 fully saturated rings. The van der Waals surface area contributed by atoms with E-state index in [1.807, 2.05) is 30.3 Å². The average Bonchev–Trinajstić information content (AvgIpc) is 3.09. The normalized spacial score (nSPS) is 15.8. The molecule has 1 heterocycles. The van der Waals surface area contributed by atoms with E-state index in [2.05, 4.69) is 0 Å². The molecular weight excluding hydrogens is 431 g/mol. The molecule has 0 radical (unpaired) electrons. The van der Waals surface area contributed by atoms with Gasteiger partial charge in [0, 0.05) is 11.6 Å². The highest BCUT2D eigenvalue weighted by molar-refractivity contribution is 6.31. The predicted molar refractivity (Wildman–Crippen MR) is 120 cm³/mol. The second-order valence-electron chi connectivity index (χ2n) is 7.48. The molecule has 7 heteroatoms. The summed E-state index contributed by atoms with van der Waals surface area (Å²) in [5, 5.41) is 0.476. The number of nitrogens with zero attached hydrogens (tertiary/aromatic N) is 2. The second kappa shape index (κ2) is 9.32. The van der Waals surface area contributed by atoms with E-state index in [0.29, 0.717) is 17.1 Å². The Labute approximate surface area is 190 Å². The molecule has 5 nitrogen and oxygen atoms in total. The minimum atomic E-state index is -1.02. The molecule has 4 rings (SSSR count). The van der Waals surface area contributed by atoms with Gasteiger partial charge in [-0.3, -0.25) is 14.4 Å². The maximum Gasteiger partial charge on any atom is 0.257 e. The van der Waals surface area contributed by atoms with Gasteiger partial charge in [-0.25, -0.2) is 9.29 Å². The molecule has 3 amide bonds. The minimum absolute atomic E-state index is 0.134. The van der Waals surface area contributed by atoms with Gasteiger partial charge in [0.25, 0.3) is 11.8 Å². The number of benzene rings is 3. The topological polar surface area (TPSA) is 57.7 Å². The first-order chi connectivity index (χ1) is 15.5. The summed E-state index contributed by atoms with van der Waals surface area (Å²) in [6.45, 7) is 0.162. The van der Waals surface area contributed by atoms with Gasteiger partial charge in [-0.1, -0.05) is 54.1 Å². The molecule has 1 saturated heterocycles. The van der Waals surface area contributed by atoms with Gasteiger partial charge in [-0.2, -0.15) is 0 Å². The Morgan fingerprint density at radius 2 is 1.62 bits per heavy atom. The van der Waals surface area contributed by atoms with Gasteiger partial charge in [0.05, 0.1) is 17.7 Å². The molecule has 0 saturated carbocycles. The number of hydrogen-bond donors (Lipinski definition) is 0. The summed E-state index contributed by atoms with van der Waals surface area (Å²) in [7, 11) is 0. The third-order valence-corrected chi connectivity index (χ3v) is 5.69. The van der Waals surface area contributed by atoms with E-state index >= 15 is 0 Å². The summed E-state index contributed by atoms with van der Waals surface area (Å²) in [5.74, 6) is -2.24. The lowest BCUT2D eigenvalue weighted by molar-refractivity contribution is -0.122. The predicted octanol–water partition coefficient (Wildman–Crippen LogP) is 4.50. The minimum Gasteiger partial charge on any atom is -0.326 e. The zero-order chi connectivity index (χ0) is 22.7. The molecule has 0 N–H and O–H groups in total. The number of carbonyl (C=O) groups excluding carboxylic acids is 3. The Kier molecular flexibility index (Phi) is 6.32. The molecule has 1 aliphatic rings. The van der Waals surface area contributed by atoms with Gasteiger partial charge in [-0.15, -0.1) is 0 Å². The molecule has 0 spiro atoms. The van der Waals surface area contributed by atoms with Crippen molar-refractivity contribution in [2.75, 3.05) is 11.4 Å². The fourth-order valence-electron chi connectivity index (χ4n) is 3.80. The van der Waals surface area contributed by atoms with Crippen LogP contribution in [0.4, 0.5) is 10.1 Å². The third-order valence-electron chi connectivity index (χ3n) is 5.43. The SMILES string of the molecule is O=C1CC(N(CCc2ccccc2)C(=O)c2ccccc2F)C(=O)N1c1ccc(Cl)cc1. The molecule has 0 aliphatic carbocycles. The van der Waals surface area contributed by atoms with Crippen molar-refractivity contribution in [2.24, 2.45) is 0 Å². The van der Waals surface area contributed by atoms with Crippen molar-refractivity contribution in [3.05, 3.63) is 101 Å². The lowest BCUT2D eigenvalue weighted by Crippen LogP contribution is -2.46. The lowest BCUT2D eigenvalue weighted by Gasteiger charge is -2.28. The Hall–Kier alpha value is -3.51. The van der Waals surface area contributed by atoms with E-state index in [-0.39, 0.29) is 18.5 Å². The first kappa shape index (κ1) is 21.7. The van der Waals surface area contributed by atoms with Crippen LogP contribution in [-0.2, 0) is 16.0 Å². The molecule has 1 atom stereocenters. The molecule has 1 unspecified atom stereocenters. The maximum absolute atomic E-state index is 14.4. The summed E-state index contributed by atoms with van der Waals surface area (Å²) < 4.78 is 14.4. The molecule has 32 heavy (non-hydrogen) atoms. The number of anilines is 1. The van der Waals surface area contributed by atoms with Crippen molar-refractivity contribution in [3.8, 4) is 0 Å². The number of hydrogen-bond acceptors (Lipinski definition) is 3. The quantitative estimate of drug-likeness (QED) is 0.520. The monoisotopic (exact) mass is 450 g/mol. The Morgan fingerprint density at radius 3 is 2.31 bits per heavy atom. The molecule has 3 aromatic carbocycles. The van der Waals surface area contributed by atoms with E-state index in [1.54, 1.807) is 30.3 Å². The molecule has 3 aromatic rings. The van der Waals surface area contributed by atoms with E-state index in [4.69, 9.17) is 11.6 Å². The van der Waals surface area contributed by atoms with Crippen molar-refractivity contribution in [2.45, 2.75) is 18.9 Å². The second-order valence-corrected chi connectivity index (χ2v) is 7.91. The van der Waals surface area contributed by atoms with Crippen LogP contribution in [0.3, 0.4) is 0 Å². The van der Waals surface area contributed by atoms with Gasteiger partial charge in [-0.05, 0) is 48.4 Å². The fraction of sp³-hybridized carbons (Fsp3) is 0.160. The fourth-order valence-corrected chi connectivity index (χ4v) is 3.93. The molecular formula is C25H20ClFN2O3. The first-order valence-corrected chi connectivity index (χ1v) is 10.6. The van der Waals surface area contributed by atoms with Crippen molar-refractivity contribution < 1.29 is 18.8 Å². The van der Waals surface area contributed by atoms with Gasteiger partial charge in [0.2, 0.25) is 5.91 Å². The van der Waals surface area contributed by atoms with Crippen LogP contribution in [0.15, 0.2) is 78.9 Å². The third kappa shape index (κ3) is 4.41. The van der Waals surface area contributed by atoms with Crippen LogP contribution < -0.4 is 4.90 Å². The van der Waals surface area contributed by atoms with Crippen LogP contribution in [0.2, 0.25) is 5.02 Å². The Morgan fingerprint density at radius 1 is 0.969 bits per heavy atom. The van der Waals surface area contributed by atoms with Crippen molar-refractivity contribution in [3.63, 3.8) is 0 Å². The van der Waals surface area contributed by atoms with Crippen LogP contribution in [0, 0.1) is 5.82 Å². The zero-order valence-corrected chi connectivity index (χ0v) is 17.8. The van der Waals surface area contributed by atoms with Gasteiger partial charge >= 0.3 is 0 Å². The number of amides is 3. The summed E-state index contributed by atoms with van der Waals surface area (Å²) in [4.78, 5) is 41.7. The van der Waals surface area contributed by atoms with Gasteiger partial charge < -0.3 is 4.90 Å². The summed E-state index contributed by atoms with van der Waals surface area (Å²) >= 11 is 5.92. The summed E-state index contributed by atoms with van der Waals surface area (Å²) in [6.07, 6.45) is 0.288. The first-order valence-electron chi connectivity index (χ1n) is 10.2. The number of halogens is 2. The number of rotatable bonds is 6. The van der Waals surface area contributed by atoms with E-state index in [0.717, 1.165) is 10.5 Å². The number of carbonyl (C=O) groups is 3. The zero-order valence-electron chi connectivity index (χ0n) is 17.1. The van der Waals surface area contributed by atoms with E-state index < -0.39 is 29.6 Å².